The van der Waals surface area contributed by atoms with E-state index in [1.807, 2.05) is 36.4 Å². The molecule has 0 spiro atoms. The van der Waals surface area contributed by atoms with Gasteiger partial charge in [-0.25, -0.2) is 9.59 Å². The van der Waals surface area contributed by atoms with E-state index in [0.717, 1.165) is 22.3 Å². The molecule has 174 valence electrons. The zero-order chi connectivity index (χ0) is 24.2. The van der Waals surface area contributed by atoms with E-state index in [2.05, 4.69) is 38.7 Å². The highest BCUT2D eigenvalue weighted by atomic mass is 79.9. The number of benzene rings is 3. The average Bonchev–Trinajstić information content (AvgIpc) is 3.16. The number of aromatic carboxylic acids is 1. The monoisotopic (exact) mass is 522 g/mol. The quantitative estimate of drug-likeness (QED) is 0.385. The summed E-state index contributed by atoms with van der Waals surface area (Å²) in [5.41, 5.74) is 4.98. The van der Waals surface area contributed by atoms with Crippen LogP contribution in [0.25, 0.3) is 11.1 Å². The standard InChI is InChI=1S/C26H23BrN2O5/c1-2-22(24(30)28-23-12-11-15(25(31)32)13-21(23)27)29-26(33)34-14-20-18-9-5-3-7-16(18)17-8-4-6-10-19(17)20/h3-13,20,22H,2,14H2,1H3,(H,28,30)(H,29,33)(H,31,32)/t22-/m1/s1. The second-order valence-corrected chi connectivity index (χ2v) is 8.77. The molecule has 0 bridgehead atoms. The van der Waals surface area contributed by atoms with Crippen molar-refractivity contribution >= 4 is 39.6 Å². The lowest BCUT2D eigenvalue weighted by molar-refractivity contribution is -0.118. The van der Waals surface area contributed by atoms with Gasteiger partial charge in [-0.05, 0) is 62.8 Å². The summed E-state index contributed by atoms with van der Waals surface area (Å²) in [7, 11) is 0. The highest BCUT2D eigenvalue weighted by Gasteiger charge is 2.29. The molecule has 3 N–H and O–H groups in total. The summed E-state index contributed by atoms with van der Waals surface area (Å²) >= 11 is 3.26. The molecule has 3 aromatic rings. The van der Waals surface area contributed by atoms with Crippen LogP contribution in [0.4, 0.5) is 10.5 Å². The van der Waals surface area contributed by atoms with E-state index >= 15 is 0 Å². The molecule has 0 aromatic heterocycles. The molecule has 0 saturated carbocycles. The molecule has 0 unspecified atom stereocenters. The third-order valence-corrected chi connectivity index (χ3v) is 6.49. The number of amides is 2. The minimum Gasteiger partial charge on any atom is -0.478 e. The molecule has 1 atom stereocenters. The number of rotatable bonds is 7. The van der Waals surface area contributed by atoms with Crippen molar-refractivity contribution in [1.82, 2.24) is 5.32 Å². The van der Waals surface area contributed by atoms with Gasteiger partial charge in [0.05, 0.1) is 11.3 Å². The number of hydrogen-bond donors (Lipinski definition) is 3. The Morgan fingerprint density at radius 3 is 2.18 bits per heavy atom. The highest BCUT2D eigenvalue weighted by Crippen LogP contribution is 2.44. The SMILES string of the molecule is CC[C@@H](NC(=O)OCC1c2ccccc2-c2ccccc21)C(=O)Nc1ccc(C(=O)O)cc1Br. The molecule has 3 aromatic carbocycles. The van der Waals surface area contributed by atoms with Crippen LogP contribution in [0.5, 0.6) is 0 Å². The fraction of sp³-hybridized carbons (Fsp3) is 0.192. The van der Waals surface area contributed by atoms with Crippen LogP contribution in [0.3, 0.4) is 0 Å². The maximum atomic E-state index is 12.7. The van der Waals surface area contributed by atoms with Gasteiger partial charge in [0.25, 0.3) is 0 Å². The third-order valence-electron chi connectivity index (χ3n) is 5.83. The number of carbonyl (C=O) groups is 3. The van der Waals surface area contributed by atoms with Crippen molar-refractivity contribution in [3.8, 4) is 11.1 Å². The van der Waals surface area contributed by atoms with Gasteiger partial charge in [-0.3, -0.25) is 4.79 Å². The van der Waals surface area contributed by atoms with Crippen LogP contribution in [0.15, 0.2) is 71.2 Å². The van der Waals surface area contributed by atoms with Gasteiger partial charge in [-0.15, -0.1) is 0 Å². The number of fused-ring (bicyclic) bond motifs is 3. The maximum Gasteiger partial charge on any atom is 0.407 e. The lowest BCUT2D eigenvalue weighted by Crippen LogP contribution is -2.43. The van der Waals surface area contributed by atoms with Crippen molar-refractivity contribution in [2.45, 2.75) is 25.3 Å². The molecule has 4 rings (SSSR count). The van der Waals surface area contributed by atoms with Crippen molar-refractivity contribution in [2.75, 3.05) is 11.9 Å². The molecule has 8 heteroatoms. The summed E-state index contributed by atoms with van der Waals surface area (Å²) in [6.07, 6.45) is -0.329. The van der Waals surface area contributed by atoms with Crippen LogP contribution in [0.2, 0.25) is 0 Å². The van der Waals surface area contributed by atoms with E-state index in [1.165, 1.54) is 18.2 Å². The van der Waals surface area contributed by atoms with Gasteiger partial charge in [0, 0.05) is 10.4 Å². The summed E-state index contributed by atoms with van der Waals surface area (Å²) < 4.78 is 5.96. The van der Waals surface area contributed by atoms with Gasteiger partial charge in [0.2, 0.25) is 5.91 Å². The van der Waals surface area contributed by atoms with Crippen molar-refractivity contribution in [2.24, 2.45) is 0 Å². The van der Waals surface area contributed by atoms with Crippen molar-refractivity contribution in [1.29, 1.82) is 0 Å². The maximum absolute atomic E-state index is 12.7. The zero-order valence-electron chi connectivity index (χ0n) is 18.4. The Bertz CT molecular complexity index is 1210. The molecule has 1 aliphatic rings. The summed E-state index contributed by atoms with van der Waals surface area (Å²) in [6.45, 7) is 1.93. The number of nitrogens with one attached hydrogen (secondary N) is 2. The molecule has 0 radical (unpaired) electrons. The number of hydrogen-bond acceptors (Lipinski definition) is 4. The molecule has 0 heterocycles. The summed E-state index contributed by atoms with van der Waals surface area (Å²) in [5.74, 6) is -1.57. The normalized spacial score (nSPS) is 12.9. The molecular formula is C26H23BrN2O5. The van der Waals surface area contributed by atoms with E-state index in [9.17, 15) is 14.4 Å². The van der Waals surface area contributed by atoms with E-state index in [0.29, 0.717) is 16.6 Å². The highest BCUT2D eigenvalue weighted by molar-refractivity contribution is 9.10. The number of carboxylic acid groups (broad SMARTS) is 1. The Morgan fingerprint density at radius 2 is 1.62 bits per heavy atom. The van der Waals surface area contributed by atoms with Crippen LogP contribution >= 0.6 is 15.9 Å². The van der Waals surface area contributed by atoms with Crippen LogP contribution in [-0.4, -0.2) is 35.7 Å². The molecule has 34 heavy (non-hydrogen) atoms. The predicted molar refractivity (Wildman–Crippen MR) is 132 cm³/mol. The summed E-state index contributed by atoms with van der Waals surface area (Å²) in [6, 6.07) is 19.6. The van der Waals surface area contributed by atoms with Crippen molar-refractivity contribution in [3.05, 3.63) is 87.9 Å². The Morgan fingerprint density at radius 1 is 1.00 bits per heavy atom. The van der Waals surface area contributed by atoms with Crippen molar-refractivity contribution in [3.63, 3.8) is 0 Å². The van der Waals surface area contributed by atoms with Gasteiger partial charge < -0.3 is 20.5 Å². The molecule has 2 amide bonds. The van der Waals surface area contributed by atoms with Crippen LogP contribution in [0, 0.1) is 0 Å². The van der Waals surface area contributed by atoms with Crippen LogP contribution < -0.4 is 10.6 Å². The second-order valence-electron chi connectivity index (χ2n) is 7.92. The van der Waals surface area contributed by atoms with Gasteiger partial charge in [0.1, 0.15) is 12.6 Å². The van der Waals surface area contributed by atoms with E-state index in [4.69, 9.17) is 9.84 Å². The first-order valence-electron chi connectivity index (χ1n) is 10.8. The van der Waals surface area contributed by atoms with E-state index in [-0.39, 0.29) is 18.1 Å². The first-order valence-corrected chi connectivity index (χ1v) is 11.6. The summed E-state index contributed by atoms with van der Waals surface area (Å²) in [5, 5.41) is 14.4. The first-order chi connectivity index (χ1) is 16.4. The minimum atomic E-state index is -1.07. The topological polar surface area (TPSA) is 105 Å². The van der Waals surface area contributed by atoms with E-state index in [1.54, 1.807) is 6.92 Å². The molecule has 0 fully saturated rings. The lowest BCUT2D eigenvalue weighted by Gasteiger charge is -2.19. The van der Waals surface area contributed by atoms with Gasteiger partial charge in [0.15, 0.2) is 0 Å². The second kappa shape index (κ2) is 10.1. The number of alkyl carbamates (subject to hydrolysis) is 1. The Labute approximate surface area is 205 Å². The number of carbonyl (C=O) groups excluding carboxylic acids is 2. The molecule has 0 aliphatic heterocycles. The first kappa shape index (κ1) is 23.5. The Balaban J connectivity index is 1.39. The van der Waals surface area contributed by atoms with E-state index < -0.39 is 24.0 Å². The van der Waals surface area contributed by atoms with Gasteiger partial charge in [-0.2, -0.15) is 0 Å². The van der Waals surface area contributed by atoms with Gasteiger partial charge >= 0.3 is 12.1 Å². The molecule has 7 nitrogen and oxygen atoms in total. The Kier molecular flexibility index (Phi) is 6.98. The number of halogens is 1. The fourth-order valence-electron chi connectivity index (χ4n) is 4.10. The fourth-order valence-corrected chi connectivity index (χ4v) is 4.58. The number of carboxylic acids is 1. The molecular weight excluding hydrogens is 500 g/mol. The molecule has 1 aliphatic carbocycles. The molecule has 0 saturated heterocycles. The largest absolute Gasteiger partial charge is 0.478 e. The summed E-state index contributed by atoms with van der Waals surface area (Å²) in [4.78, 5) is 36.4. The smallest absolute Gasteiger partial charge is 0.407 e. The Hall–Kier alpha value is -3.65. The van der Waals surface area contributed by atoms with Crippen LogP contribution in [-0.2, 0) is 9.53 Å². The number of anilines is 1. The average molecular weight is 523 g/mol. The minimum absolute atomic E-state index is 0.0734. The van der Waals surface area contributed by atoms with Crippen LogP contribution in [0.1, 0.15) is 40.7 Å². The zero-order valence-corrected chi connectivity index (χ0v) is 20.0. The van der Waals surface area contributed by atoms with Crippen molar-refractivity contribution < 1.29 is 24.2 Å². The van der Waals surface area contributed by atoms with Gasteiger partial charge in [-0.1, -0.05) is 55.5 Å². The predicted octanol–water partition coefficient (Wildman–Crippen LogP) is 5.40. The number of ether oxygens (including phenoxy) is 1. The lowest BCUT2D eigenvalue weighted by atomic mass is 9.98. The third kappa shape index (κ3) is 4.82.